The number of carbonyl (C=O) groups excluding carboxylic acids is 1. The highest BCUT2D eigenvalue weighted by Gasteiger charge is 2.15. The topological polar surface area (TPSA) is 92.1 Å². The van der Waals surface area contributed by atoms with Crippen molar-refractivity contribution in [3.63, 3.8) is 0 Å². The normalized spacial score (nSPS) is 15.1. The lowest BCUT2D eigenvalue weighted by molar-refractivity contribution is 0.173. The molecular formula is C17H22FN5O2. The maximum Gasteiger partial charge on any atom is 0.315 e. The van der Waals surface area contributed by atoms with E-state index >= 15 is 0 Å². The number of aliphatic hydroxyl groups is 1. The molecule has 7 nitrogen and oxygen atoms in total. The minimum absolute atomic E-state index is 0.0371. The van der Waals surface area contributed by atoms with Gasteiger partial charge in [0.15, 0.2) is 5.82 Å². The summed E-state index contributed by atoms with van der Waals surface area (Å²) in [5, 5.41) is 23.7. The Labute approximate surface area is 145 Å². The van der Waals surface area contributed by atoms with E-state index in [1.165, 1.54) is 30.7 Å². The third-order valence-corrected chi connectivity index (χ3v) is 4.30. The first-order valence-electron chi connectivity index (χ1n) is 8.49. The van der Waals surface area contributed by atoms with E-state index in [4.69, 9.17) is 0 Å². The molecule has 2 heterocycles. The van der Waals surface area contributed by atoms with Crippen LogP contribution in [0.4, 0.5) is 9.18 Å². The van der Waals surface area contributed by atoms with Crippen molar-refractivity contribution < 1.29 is 14.3 Å². The fourth-order valence-corrected chi connectivity index (χ4v) is 2.89. The van der Waals surface area contributed by atoms with Crippen LogP contribution in [0.3, 0.4) is 0 Å². The van der Waals surface area contributed by atoms with E-state index in [9.17, 15) is 14.3 Å². The summed E-state index contributed by atoms with van der Waals surface area (Å²) in [5.41, 5.74) is 0.546. The summed E-state index contributed by atoms with van der Waals surface area (Å²) in [4.78, 5) is 11.9. The number of amides is 2. The van der Waals surface area contributed by atoms with Gasteiger partial charge in [-0.3, -0.25) is 0 Å². The van der Waals surface area contributed by atoms with Crippen LogP contribution in [0.2, 0.25) is 0 Å². The van der Waals surface area contributed by atoms with Crippen molar-refractivity contribution in [2.24, 2.45) is 0 Å². The second-order valence-electron chi connectivity index (χ2n) is 6.13. The van der Waals surface area contributed by atoms with Crippen LogP contribution in [-0.2, 0) is 19.5 Å². The average molecular weight is 347 g/mol. The first-order valence-corrected chi connectivity index (χ1v) is 8.49. The number of hydrogen-bond acceptors (Lipinski definition) is 4. The minimum Gasteiger partial charge on any atom is -0.387 e. The van der Waals surface area contributed by atoms with Crippen LogP contribution in [0.5, 0.6) is 0 Å². The van der Waals surface area contributed by atoms with Gasteiger partial charge in [0, 0.05) is 19.5 Å². The lowest BCUT2D eigenvalue weighted by Gasteiger charge is -2.13. The van der Waals surface area contributed by atoms with Crippen LogP contribution in [-0.4, -0.2) is 32.4 Å². The highest BCUT2D eigenvalue weighted by atomic mass is 19.1. The van der Waals surface area contributed by atoms with Crippen molar-refractivity contribution in [2.45, 2.75) is 44.9 Å². The van der Waals surface area contributed by atoms with E-state index in [-0.39, 0.29) is 18.9 Å². The quantitative estimate of drug-likeness (QED) is 0.767. The van der Waals surface area contributed by atoms with Gasteiger partial charge in [-0.05, 0) is 30.5 Å². The molecular weight excluding hydrogens is 325 g/mol. The predicted octanol–water partition coefficient (Wildman–Crippen LogP) is 1.68. The van der Waals surface area contributed by atoms with Gasteiger partial charge in [-0.25, -0.2) is 9.18 Å². The highest BCUT2D eigenvalue weighted by Crippen LogP contribution is 2.14. The smallest absolute Gasteiger partial charge is 0.315 e. The molecule has 1 unspecified atom stereocenters. The Balaban J connectivity index is 1.47. The fourth-order valence-electron chi connectivity index (χ4n) is 2.89. The number of carbonyl (C=O) groups is 1. The molecule has 25 heavy (non-hydrogen) atoms. The summed E-state index contributed by atoms with van der Waals surface area (Å²) < 4.78 is 14.9. The lowest BCUT2D eigenvalue weighted by atomic mass is 10.1. The lowest BCUT2D eigenvalue weighted by Crippen LogP contribution is -2.38. The molecule has 1 aromatic heterocycles. The van der Waals surface area contributed by atoms with E-state index in [0.717, 1.165) is 37.5 Å². The van der Waals surface area contributed by atoms with E-state index in [2.05, 4.69) is 25.4 Å². The molecule has 1 aromatic carbocycles. The number of nitrogens with one attached hydrogen (secondary N) is 2. The Morgan fingerprint density at radius 3 is 2.80 bits per heavy atom. The number of aryl methyl sites for hydroxylation is 1. The molecule has 0 bridgehead atoms. The third kappa shape index (κ3) is 4.54. The molecule has 2 aromatic rings. The second-order valence-corrected chi connectivity index (χ2v) is 6.13. The molecule has 8 heteroatoms. The zero-order chi connectivity index (χ0) is 17.6. The zero-order valence-electron chi connectivity index (χ0n) is 13.9. The number of halogens is 1. The molecule has 1 aliphatic rings. The standard InChI is InChI=1S/C17H22FN5O2/c18-13-7-5-12(6-8-13)14(24)10-19-17(25)20-11-16-22-21-15-4-2-1-3-9-23(15)16/h5-8,14,24H,1-4,9-11H2,(H2,19,20,25). The maximum absolute atomic E-state index is 12.9. The Kier molecular flexibility index (Phi) is 5.60. The molecule has 0 saturated heterocycles. The van der Waals surface area contributed by atoms with Gasteiger partial charge < -0.3 is 20.3 Å². The maximum atomic E-state index is 12.9. The minimum atomic E-state index is -0.893. The molecule has 134 valence electrons. The molecule has 3 rings (SSSR count). The van der Waals surface area contributed by atoms with E-state index < -0.39 is 12.1 Å². The van der Waals surface area contributed by atoms with Crippen LogP contribution < -0.4 is 10.6 Å². The van der Waals surface area contributed by atoms with Gasteiger partial charge >= 0.3 is 6.03 Å². The molecule has 0 aliphatic carbocycles. The van der Waals surface area contributed by atoms with Gasteiger partial charge in [-0.2, -0.15) is 0 Å². The van der Waals surface area contributed by atoms with Crippen molar-refractivity contribution in [3.05, 3.63) is 47.3 Å². The molecule has 0 fully saturated rings. The van der Waals surface area contributed by atoms with Gasteiger partial charge in [0.05, 0.1) is 12.6 Å². The summed E-state index contributed by atoms with van der Waals surface area (Å²) in [6.07, 6.45) is 3.42. The number of rotatable bonds is 5. The van der Waals surface area contributed by atoms with Crippen LogP contribution >= 0.6 is 0 Å². The Morgan fingerprint density at radius 2 is 2.00 bits per heavy atom. The van der Waals surface area contributed by atoms with E-state index in [1.54, 1.807) is 0 Å². The average Bonchev–Trinajstić information content (AvgIpc) is 2.85. The summed E-state index contributed by atoms with van der Waals surface area (Å²) in [6.45, 7) is 1.20. The largest absolute Gasteiger partial charge is 0.387 e. The van der Waals surface area contributed by atoms with Crippen LogP contribution in [0.1, 0.15) is 42.6 Å². The molecule has 0 spiro atoms. The molecule has 1 aliphatic heterocycles. The number of benzene rings is 1. The highest BCUT2D eigenvalue weighted by molar-refractivity contribution is 5.73. The monoisotopic (exact) mass is 347 g/mol. The summed E-state index contributed by atoms with van der Waals surface area (Å²) in [6, 6.07) is 5.13. The third-order valence-electron chi connectivity index (χ3n) is 4.30. The number of aromatic nitrogens is 3. The Hall–Kier alpha value is -2.48. The number of nitrogens with zero attached hydrogens (tertiary/aromatic N) is 3. The summed E-state index contributed by atoms with van der Waals surface area (Å²) in [5.74, 6) is 1.35. The van der Waals surface area contributed by atoms with Gasteiger partial charge in [0.1, 0.15) is 11.6 Å². The van der Waals surface area contributed by atoms with Crippen molar-refractivity contribution in [2.75, 3.05) is 6.54 Å². The van der Waals surface area contributed by atoms with Crippen LogP contribution in [0.15, 0.2) is 24.3 Å². The van der Waals surface area contributed by atoms with Gasteiger partial charge in [0.2, 0.25) is 0 Å². The molecule has 3 N–H and O–H groups in total. The van der Waals surface area contributed by atoms with Crippen molar-refractivity contribution in [3.8, 4) is 0 Å². The molecule has 0 saturated carbocycles. The zero-order valence-corrected chi connectivity index (χ0v) is 13.9. The van der Waals surface area contributed by atoms with Crippen molar-refractivity contribution in [1.82, 2.24) is 25.4 Å². The Bertz CT molecular complexity index is 716. The van der Waals surface area contributed by atoms with Crippen molar-refractivity contribution >= 4 is 6.03 Å². The molecule has 2 amide bonds. The number of fused-ring (bicyclic) bond motifs is 1. The number of urea groups is 1. The van der Waals surface area contributed by atoms with Crippen LogP contribution in [0.25, 0.3) is 0 Å². The SMILES string of the molecule is O=C(NCc1nnc2n1CCCCC2)NCC(O)c1ccc(F)cc1. The summed E-state index contributed by atoms with van der Waals surface area (Å²) in [7, 11) is 0. The van der Waals surface area contributed by atoms with Gasteiger partial charge in [-0.15, -0.1) is 10.2 Å². The van der Waals surface area contributed by atoms with Gasteiger partial charge in [0.25, 0.3) is 0 Å². The van der Waals surface area contributed by atoms with E-state index in [0.29, 0.717) is 5.56 Å². The Morgan fingerprint density at radius 1 is 1.20 bits per heavy atom. The first kappa shape index (κ1) is 17.3. The second kappa shape index (κ2) is 8.06. The first-order chi connectivity index (χ1) is 12.1. The van der Waals surface area contributed by atoms with E-state index in [1.807, 2.05) is 0 Å². The van der Waals surface area contributed by atoms with Crippen LogP contribution in [0, 0.1) is 5.82 Å². The summed E-state index contributed by atoms with van der Waals surface area (Å²) >= 11 is 0. The predicted molar refractivity (Wildman–Crippen MR) is 89.2 cm³/mol. The molecule has 0 radical (unpaired) electrons. The fraction of sp³-hybridized carbons (Fsp3) is 0.471. The van der Waals surface area contributed by atoms with Crippen molar-refractivity contribution in [1.29, 1.82) is 0 Å². The van der Waals surface area contributed by atoms with Gasteiger partial charge in [-0.1, -0.05) is 18.6 Å². The molecule has 1 atom stereocenters. The number of hydrogen-bond donors (Lipinski definition) is 3. The number of aliphatic hydroxyl groups excluding tert-OH is 1.